The van der Waals surface area contributed by atoms with Gasteiger partial charge in [0.05, 0.1) is 19.8 Å². The second kappa shape index (κ2) is 2.73. The van der Waals surface area contributed by atoms with Crippen LogP contribution in [-0.2, 0) is 14.2 Å². The lowest BCUT2D eigenvalue weighted by atomic mass is 9.89. The molecule has 1 atom stereocenters. The van der Waals surface area contributed by atoms with Gasteiger partial charge in [0.1, 0.15) is 0 Å². The van der Waals surface area contributed by atoms with Crippen molar-refractivity contribution in [1.82, 2.24) is 0 Å². The molecule has 0 saturated carbocycles. The van der Waals surface area contributed by atoms with E-state index in [-0.39, 0.29) is 11.7 Å². The topological polar surface area (TPSA) is 27.7 Å². The Morgan fingerprint density at radius 1 is 1.18 bits per heavy atom. The first kappa shape index (κ1) is 7.53. The van der Waals surface area contributed by atoms with Crippen molar-refractivity contribution in [2.24, 2.45) is 5.41 Å². The van der Waals surface area contributed by atoms with E-state index in [1.165, 1.54) is 0 Å². The number of rotatable bonds is 1. The highest BCUT2D eigenvalue weighted by atomic mass is 16.7. The number of ether oxygens (including phenoxy) is 3. The maximum absolute atomic E-state index is 5.44. The summed E-state index contributed by atoms with van der Waals surface area (Å²) >= 11 is 0. The summed E-state index contributed by atoms with van der Waals surface area (Å²) < 4.78 is 16.2. The zero-order valence-electron chi connectivity index (χ0n) is 6.84. The zero-order valence-corrected chi connectivity index (χ0v) is 6.84. The van der Waals surface area contributed by atoms with Gasteiger partial charge < -0.3 is 14.2 Å². The average Bonchev–Trinajstić information content (AvgIpc) is 2.55. The first-order valence-corrected chi connectivity index (χ1v) is 4.12. The minimum Gasteiger partial charge on any atom is -0.381 e. The van der Waals surface area contributed by atoms with Gasteiger partial charge in [-0.3, -0.25) is 0 Å². The van der Waals surface area contributed by atoms with Crippen LogP contribution in [0.25, 0.3) is 0 Å². The Bertz CT molecular complexity index is 134. The molecule has 2 heterocycles. The fraction of sp³-hybridized carbons (Fsp3) is 1.00. The lowest BCUT2D eigenvalue weighted by molar-refractivity contribution is -0.126. The summed E-state index contributed by atoms with van der Waals surface area (Å²) in [7, 11) is 0. The van der Waals surface area contributed by atoms with Crippen LogP contribution in [0.15, 0.2) is 0 Å². The molecule has 0 radical (unpaired) electrons. The van der Waals surface area contributed by atoms with Crippen molar-refractivity contribution in [3.8, 4) is 0 Å². The van der Waals surface area contributed by atoms with E-state index in [1.807, 2.05) is 0 Å². The van der Waals surface area contributed by atoms with Gasteiger partial charge in [-0.25, -0.2) is 0 Å². The van der Waals surface area contributed by atoms with Gasteiger partial charge in [0, 0.05) is 12.0 Å². The van der Waals surface area contributed by atoms with Crippen LogP contribution in [-0.4, -0.2) is 32.7 Å². The molecule has 0 aromatic rings. The quantitative estimate of drug-likeness (QED) is 0.564. The van der Waals surface area contributed by atoms with E-state index >= 15 is 0 Å². The second-order valence-corrected chi connectivity index (χ2v) is 3.53. The summed E-state index contributed by atoms with van der Waals surface area (Å²) in [6, 6.07) is 0. The standard InChI is InChI=1S/C8H14O3/c1-8(2-3-9-6-8)7-10-4-5-11-7/h7H,2-6H2,1H3. The van der Waals surface area contributed by atoms with Crippen molar-refractivity contribution in [3.63, 3.8) is 0 Å². The van der Waals surface area contributed by atoms with E-state index in [4.69, 9.17) is 14.2 Å². The molecule has 0 N–H and O–H groups in total. The molecule has 1 unspecified atom stereocenters. The molecule has 0 amide bonds. The van der Waals surface area contributed by atoms with E-state index in [0.29, 0.717) is 0 Å². The van der Waals surface area contributed by atoms with Crippen LogP contribution >= 0.6 is 0 Å². The molecule has 0 aromatic heterocycles. The van der Waals surface area contributed by atoms with Crippen molar-refractivity contribution in [3.05, 3.63) is 0 Å². The molecule has 0 bridgehead atoms. The van der Waals surface area contributed by atoms with Crippen LogP contribution in [0.4, 0.5) is 0 Å². The lowest BCUT2D eigenvalue weighted by Crippen LogP contribution is -2.33. The largest absolute Gasteiger partial charge is 0.381 e. The predicted molar refractivity (Wildman–Crippen MR) is 39.2 cm³/mol. The third-order valence-electron chi connectivity index (χ3n) is 2.44. The van der Waals surface area contributed by atoms with E-state index in [1.54, 1.807) is 0 Å². The van der Waals surface area contributed by atoms with E-state index in [2.05, 4.69) is 6.92 Å². The Morgan fingerprint density at radius 3 is 2.45 bits per heavy atom. The first-order chi connectivity index (χ1) is 5.31. The molecule has 2 aliphatic heterocycles. The Kier molecular flexibility index (Phi) is 1.87. The van der Waals surface area contributed by atoms with Crippen LogP contribution in [0.1, 0.15) is 13.3 Å². The number of hydrogen-bond donors (Lipinski definition) is 0. The summed E-state index contributed by atoms with van der Waals surface area (Å²) in [6.45, 7) is 5.26. The molecule has 2 aliphatic rings. The molecule has 11 heavy (non-hydrogen) atoms. The summed E-state index contributed by atoms with van der Waals surface area (Å²) in [5.74, 6) is 0. The Morgan fingerprint density at radius 2 is 1.91 bits per heavy atom. The van der Waals surface area contributed by atoms with Gasteiger partial charge in [-0.2, -0.15) is 0 Å². The molecular formula is C8H14O3. The van der Waals surface area contributed by atoms with Crippen molar-refractivity contribution < 1.29 is 14.2 Å². The molecular weight excluding hydrogens is 144 g/mol. The zero-order chi connectivity index (χ0) is 7.73. The molecule has 0 spiro atoms. The fourth-order valence-electron chi connectivity index (χ4n) is 1.63. The van der Waals surface area contributed by atoms with Crippen molar-refractivity contribution in [2.45, 2.75) is 19.6 Å². The molecule has 3 heteroatoms. The van der Waals surface area contributed by atoms with Gasteiger partial charge in [0.2, 0.25) is 0 Å². The van der Waals surface area contributed by atoms with Crippen LogP contribution in [0.5, 0.6) is 0 Å². The summed E-state index contributed by atoms with van der Waals surface area (Å²) in [5, 5.41) is 0. The minimum atomic E-state index is -0.0231. The van der Waals surface area contributed by atoms with Crippen LogP contribution in [0, 0.1) is 5.41 Å². The van der Waals surface area contributed by atoms with Gasteiger partial charge in [-0.1, -0.05) is 6.92 Å². The number of hydrogen-bond acceptors (Lipinski definition) is 3. The molecule has 2 rings (SSSR count). The van der Waals surface area contributed by atoms with Gasteiger partial charge in [-0.05, 0) is 6.42 Å². The highest BCUT2D eigenvalue weighted by Crippen LogP contribution is 2.35. The van der Waals surface area contributed by atoms with Crippen molar-refractivity contribution in [2.75, 3.05) is 26.4 Å². The smallest absolute Gasteiger partial charge is 0.165 e. The Balaban J connectivity index is 2.00. The molecule has 0 aromatic carbocycles. The van der Waals surface area contributed by atoms with E-state index in [9.17, 15) is 0 Å². The summed E-state index contributed by atoms with van der Waals surface area (Å²) in [5.41, 5.74) is 0.108. The Labute approximate surface area is 66.6 Å². The van der Waals surface area contributed by atoms with Gasteiger partial charge in [-0.15, -0.1) is 0 Å². The minimum absolute atomic E-state index is 0.0231. The van der Waals surface area contributed by atoms with Crippen LogP contribution < -0.4 is 0 Å². The maximum Gasteiger partial charge on any atom is 0.165 e. The maximum atomic E-state index is 5.44. The molecule has 2 saturated heterocycles. The lowest BCUT2D eigenvalue weighted by Gasteiger charge is -2.26. The van der Waals surface area contributed by atoms with E-state index in [0.717, 1.165) is 32.8 Å². The highest BCUT2D eigenvalue weighted by Gasteiger charge is 2.41. The molecule has 3 nitrogen and oxygen atoms in total. The SMILES string of the molecule is CC1(C2OCCO2)CCOC1. The van der Waals surface area contributed by atoms with Gasteiger partial charge >= 0.3 is 0 Å². The molecule has 64 valence electrons. The normalized spacial score (nSPS) is 40.1. The second-order valence-electron chi connectivity index (χ2n) is 3.53. The van der Waals surface area contributed by atoms with Gasteiger partial charge in [0.25, 0.3) is 0 Å². The van der Waals surface area contributed by atoms with Crippen molar-refractivity contribution in [1.29, 1.82) is 0 Å². The molecule has 0 aliphatic carbocycles. The first-order valence-electron chi connectivity index (χ1n) is 4.12. The van der Waals surface area contributed by atoms with Gasteiger partial charge in [0.15, 0.2) is 6.29 Å². The van der Waals surface area contributed by atoms with Crippen LogP contribution in [0.3, 0.4) is 0 Å². The highest BCUT2D eigenvalue weighted by molar-refractivity contribution is 4.83. The Hall–Kier alpha value is -0.120. The monoisotopic (exact) mass is 158 g/mol. The summed E-state index contributed by atoms with van der Waals surface area (Å²) in [6.07, 6.45) is 1.03. The average molecular weight is 158 g/mol. The predicted octanol–water partition coefficient (Wildman–Crippen LogP) is 0.786. The van der Waals surface area contributed by atoms with E-state index < -0.39 is 0 Å². The third kappa shape index (κ3) is 1.28. The van der Waals surface area contributed by atoms with Crippen molar-refractivity contribution >= 4 is 0 Å². The van der Waals surface area contributed by atoms with Crippen LogP contribution in [0.2, 0.25) is 0 Å². The fourth-order valence-corrected chi connectivity index (χ4v) is 1.63. The third-order valence-corrected chi connectivity index (χ3v) is 2.44. The molecule has 2 fully saturated rings. The summed E-state index contributed by atoms with van der Waals surface area (Å²) in [4.78, 5) is 0.